The lowest BCUT2D eigenvalue weighted by atomic mass is 10.1. The van der Waals surface area contributed by atoms with Crippen LogP contribution in [-0.4, -0.2) is 55.8 Å². The van der Waals surface area contributed by atoms with Gasteiger partial charge in [-0.1, -0.05) is 29.7 Å². The van der Waals surface area contributed by atoms with E-state index < -0.39 is 11.4 Å². The second kappa shape index (κ2) is 9.55. The number of ether oxygens (including phenoxy) is 1. The number of aliphatic hydroxyl groups excluding tert-OH is 1. The van der Waals surface area contributed by atoms with Crippen molar-refractivity contribution >= 4 is 35.0 Å². The van der Waals surface area contributed by atoms with Crippen LogP contribution in [0.2, 0.25) is 5.02 Å². The number of nitrogens with zero attached hydrogens (tertiary/aromatic N) is 2. The molecule has 7 heteroatoms. The number of hydrogen-bond acceptors (Lipinski definition) is 5. The average molecular weight is 431 g/mol. The molecule has 152 valence electrons. The van der Waals surface area contributed by atoms with E-state index in [2.05, 4.69) is 5.92 Å². The molecule has 0 unspecified atom stereocenters. The van der Waals surface area contributed by atoms with E-state index in [9.17, 15) is 9.90 Å². The Bertz CT molecular complexity index is 913. The van der Waals surface area contributed by atoms with E-state index in [4.69, 9.17) is 22.8 Å². The Morgan fingerprint density at radius 3 is 2.69 bits per heavy atom. The lowest BCUT2D eigenvalue weighted by molar-refractivity contribution is -0.126. The van der Waals surface area contributed by atoms with Crippen molar-refractivity contribution in [2.45, 2.75) is 16.2 Å². The van der Waals surface area contributed by atoms with Crippen molar-refractivity contribution in [1.82, 2.24) is 4.90 Å². The standard InChI is InChI=1S/C22H23ClN2O3S/c1-4-11-24(2)12-13-25-18-10-7-16(23)14-19(18)29-21(20(26)22(25)27)15-5-8-17(28-3)9-6-15/h1,5-10,14,20-21,26H,11-13H2,2-3H3/t20-,21+/m1/s1. The summed E-state index contributed by atoms with van der Waals surface area (Å²) in [5, 5.41) is 11.1. The van der Waals surface area contributed by atoms with Gasteiger partial charge in [0.2, 0.25) is 0 Å². The summed E-state index contributed by atoms with van der Waals surface area (Å²) in [6.45, 7) is 1.49. The van der Waals surface area contributed by atoms with Gasteiger partial charge in [0.25, 0.3) is 5.91 Å². The summed E-state index contributed by atoms with van der Waals surface area (Å²) in [6, 6.07) is 12.8. The highest BCUT2D eigenvalue weighted by Gasteiger charge is 2.37. The van der Waals surface area contributed by atoms with Gasteiger partial charge in [-0.15, -0.1) is 18.2 Å². The number of likely N-dealkylation sites (N-methyl/N-ethyl adjacent to an activating group) is 1. The molecule has 1 aliphatic rings. The van der Waals surface area contributed by atoms with Crippen molar-refractivity contribution in [2.24, 2.45) is 0 Å². The zero-order valence-corrected chi connectivity index (χ0v) is 17.9. The Labute approximate surface area is 180 Å². The first kappa shape index (κ1) is 21.5. The van der Waals surface area contributed by atoms with Crippen molar-refractivity contribution in [3.05, 3.63) is 53.1 Å². The molecule has 3 rings (SSSR count). The normalized spacial score (nSPS) is 18.9. The Morgan fingerprint density at radius 1 is 1.31 bits per heavy atom. The molecule has 1 N–H and O–H groups in total. The van der Waals surface area contributed by atoms with Gasteiger partial charge in [-0.2, -0.15) is 0 Å². The predicted octanol–water partition coefficient (Wildman–Crippen LogP) is 3.45. The fourth-order valence-electron chi connectivity index (χ4n) is 3.19. The van der Waals surface area contributed by atoms with E-state index in [0.29, 0.717) is 24.7 Å². The first-order chi connectivity index (χ1) is 13.9. The van der Waals surface area contributed by atoms with Crippen LogP contribution in [0.3, 0.4) is 0 Å². The van der Waals surface area contributed by atoms with Crippen LogP contribution in [0.15, 0.2) is 47.4 Å². The third kappa shape index (κ3) is 4.88. The number of carbonyl (C=O) groups excluding carboxylic acids is 1. The second-order valence-electron chi connectivity index (χ2n) is 6.80. The average Bonchev–Trinajstić information content (AvgIpc) is 2.82. The van der Waals surface area contributed by atoms with Crippen molar-refractivity contribution in [3.63, 3.8) is 0 Å². The number of thioether (sulfide) groups is 1. The molecule has 2 atom stereocenters. The number of amides is 1. The number of benzene rings is 2. The molecule has 29 heavy (non-hydrogen) atoms. The fourth-order valence-corrected chi connectivity index (χ4v) is 4.74. The van der Waals surface area contributed by atoms with E-state index in [1.807, 2.05) is 48.3 Å². The number of rotatable bonds is 6. The maximum Gasteiger partial charge on any atom is 0.257 e. The quantitative estimate of drug-likeness (QED) is 0.711. The van der Waals surface area contributed by atoms with Gasteiger partial charge in [0.1, 0.15) is 11.9 Å². The highest BCUT2D eigenvalue weighted by Crippen LogP contribution is 2.46. The van der Waals surface area contributed by atoms with Crippen LogP contribution >= 0.6 is 23.4 Å². The monoisotopic (exact) mass is 430 g/mol. The zero-order valence-electron chi connectivity index (χ0n) is 16.3. The van der Waals surface area contributed by atoms with Gasteiger partial charge in [-0.3, -0.25) is 9.69 Å². The molecular formula is C22H23ClN2O3S. The van der Waals surface area contributed by atoms with Crippen LogP contribution in [0.5, 0.6) is 5.75 Å². The van der Waals surface area contributed by atoms with Crippen molar-refractivity contribution in [2.75, 3.05) is 38.7 Å². The van der Waals surface area contributed by atoms with Gasteiger partial charge >= 0.3 is 0 Å². The lowest BCUT2D eigenvalue weighted by Crippen LogP contribution is -2.43. The van der Waals surface area contributed by atoms with E-state index in [1.54, 1.807) is 18.1 Å². The van der Waals surface area contributed by atoms with Crippen LogP contribution in [-0.2, 0) is 4.79 Å². The van der Waals surface area contributed by atoms with Gasteiger partial charge in [0.15, 0.2) is 0 Å². The number of halogens is 1. The van der Waals surface area contributed by atoms with Gasteiger partial charge in [-0.05, 0) is 42.9 Å². The fraction of sp³-hybridized carbons (Fsp3) is 0.318. The third-order valence-electron chi connectivity index (χ3n) is 4.78. The number of hydrogen-bond donors (Lipinski definition) is 1. The van der Waals surface area contributed by atoms with Gasteiger partial charge in [0, 0.05) is 23.0 Å². The highest BCUT2D eigenvalue weighted by molar-refractivity contribution is 7.99. The summed E-state index contributed by atoms with van der Waals surface area (Å²) >= 11 is 7.66. The summed E-state index contributed by atoms with van der Waals surface area (Å²) in [6.07, 6.45) is 4.17. The smallest absolute Gasteiger partial charge is 0.257 e. The Hall–Kier alpha value is -2.17. The minimum Gasteiger partial charge on any atom is -0.497 e. The van der Waals surface area contributed by atoms with Gasteiger partial charge in [0.05, 0.1) is 24.6 Å². The molecule has 0 aromatic heterocycles. The molecule has 0 fully saturated rings. The maximum absolute atomic E-state index is 13.2. The number of fused-ring (bicyclic) bond motifs is 1. The van der Waals surface area contributed by atoms with Crippen LogP contribution in [0, 0.1) is 12.3 Å². The van der Waals surface area contributed by atoms with Crippen LogP contribution < -0.4 is 9.64 Å². The lowest BCUT2D eigenvalue weighted by Gasteiger charge is -2.27. The van der Waals surface area contributed by atoms with E-state index in [1.165, 1.54) is 11.8 Å². The molecule has 0 saturated carbocycles. The van der Waals surface area contributed by atoms with E-state index >= 15 is 0 Å². The Kier molecular flexibility index (Phi) is 7.09. The molecule has 0 aliphatic carbocycles. The topological polar surface area (TPSA) is 53.0 Å². The molecule has 1 aliphatic heterocycles. The van der Waals surface area contributed by atoms with Crippen LogP contribution in [0.25, 0.3) is 0 Å². The summed E-state index contributed by atoms with van der Waals surface area (Å²) in [4.78, 5) is 17.6. The van der Waals surface area contributed by atoms with Gasteiger partial charge in [-0.25, -0.2) is 0 Å². The Morgan fingerprint density at radius 2 is 2.03 bits per heavy atom. The minimum atomic E-state index is -1.20. The molecule has 2 aromatic carbocycles. The number of anilines is 1. The molecule has 0 bridgehead atoms. The largest absolute Gasteiger partial charge is 0.497 e. The predicted molar refractivity (Wildman–Crippen MR) is 118 cm³/mol. The minimum absolute atomic E-state index is 0.339. The summed E-state index contributed by atoms with van der Waals surface area (Å²) in [5.74, 6) is 2.97. The summed E-state index contributed by atoms with van der Waals surface area (Å²) < 4.78 is 5.21. The molecule has 0 saturated heterocycles. The molecule has 1 amide bonds. The summed E-state index contributed by atoms with van der Waals surface area (Å²) in [7, 11) is 3.50. The van der Waals surface area contributed by atoms with Crippen LogP contribution in [0.1, 0.15) is 10.8 Å². The van der Waals surface area contributed by atoms with Crippen molar-refractivity contribution in [1.29, 1.82) is 0 Å². The third-order valence-corrected chi connectivity index (χ3v) is 6.38. The maximum atomic E-state index is 13.2. The molecular weight excluding hydrogens is 408 g/mol. The van der Waals surface area contributed by atoms with Crippen molar-refractivity contribution in [3.8, 4) is 18.1 Å². The summed E-state index contributed by atoms with van der Waals surface area (Å²) in [5.41, 5.74) is 1.59. The van der Waals surface area contributed by atoms with Crippen LogP contribution in [0.4, 0.5) is 5.69 Å². The van der Waals surface area contributed by atoms with E-state index in [0.717, 1.165) is 21.9 Å². The zero-order chi connectivity index (χ0) is 21.0. The molecule has 0 spiro atoms. The van der Waals surface area contributed by atoms with Crippen molar-refractivity contribution < 1.29 is 14.6 Å². The Balaban J connectivity index is 1.96. The molecule has 0 radical (unpaired) electrons. The molecule has 5 nitrogen and oxygen atoms in total. The number of methoxy groups -OCH3 is 1. The SMILES string of the molecule is C#CCN(C)CCN1C(=O)[C@H](O)[C@H](c2ccc(OC)cc2)Sc2cc(Cl)ccc21. The first-order valence-electron chi connectivity index (χ1n) is 9.16. The number of carbonyl (C=O) groups is 1. The highest BCUT2D eigenvalue weighted by atomic mass is 35.5. The van der Waals surface area contributed by atoms with E-state index in [-0.39, 0.29) is 5.91 Å². The molecule has 2 aromatic rings. The number of aliphatic hydroxyl groups is 1. The number of terminal acetylenes is 1. The second-order valence-corrected chi connectivity index (χ2v) is 8.42. The first-order valence-corrected chi connectivity index (χ1v) is 10.4. The molecule has 1 heterocycles. The van der Waals surface area contributed by atoms with Gasteiger partial charge < -0.3 is 14.7 Å².